The first-order valence-corrected chi connectivity index (χ1v) is 13.0. The number of rotatable bonds is 6. The Kier molecular flexibility index (Phi) is 6.65. The molecule has 0 aliphatic carbocycles. The van der Waals surface area contributed by atoms with E-state index in [1.54, 1.807) is 12.1 Å². The van der Waals surface area contributed by atoms with E-state index >= 15 is 0 Å². The Labute approximate surface area is 198 Å². The lowest BCUT2D eigenvalue weighted by Crippen LogP contribution is -2.54. The molecule has 33 heavy (non-hydrogen) atoms. The van der Waals surface area contributed by atoms with Gasteiger partial charge in [-0.1, -0.05) is 0 Å². The number of piperazine rings is 1. The van der Waals surface area contributed by atoms with Crippen molar-refractivity contribution in [3.63, 3.8) is 0 Å². The second-order valence-electron chi connectivity index (χ2n) is 8.42. The summed E-state index contributed by atoms with van der Waals surface area (Å²) in [5.41, 5.74) is 1.59. The molecule has 0 spiro atoms. The number of nitrogens with zero attached hydrogens (tertiary/aromatic N) is 1. The van der Waals surface area contributed by atoms with Gasteiger partial charge < -0.3 is 15.0 Å². The lowest BCUT2D eigenvalue weighted by molar-refractivity contribution is 0.406. The fourth-order valence-electron chi connectivity index (χ4n) is 4.16. The Bertz CT molecular complexity index is 1250. The maximum atomic E-state index is 14.8. The normalized spacial score (nSPS) is 18.9. The van der Waals surface area contributed by atoms with Gasteiger partial charge in [0.2, 0.25) is 0 Å². The van der Waals surface area contributed by atoms with Crippen LogP contribution in [0.5, 0.6) is 5.75 Å². The standard InChI is InChI=1S/C24H28FN3O3S2/c1-15-13-28(14-16(2)26-15)18-6-9-23(31-4)22(11-18)27-33(29,30)19-7-8-20(21(25)12-19)24-10-5-17(3)32-24/h5-12,15-16,26-27H,13-14H2,1-4H3. The molecule has 1 aliphatic rings. The first-order chi connectivity index (χ1) is 15.7. The first kappa shape index (κ1) is 23.5. The highest BCUT2D eigenvalue weighted by Crippen LogP contribution is 2.34. The second kappa shape index (κ2) is 9.32. The molecule has 2 N–H and O–H groups in total. The third-order valence-electron chi connectivity index (χ3n) is 5.61. The minimum atomic E-state index is -4.03. The molecule has 2 aromatic carbocycles. The van der Waals surface area contributed by atoms with E-state index in [4.69, 9.17) is 4.74 Å². The van der Waals surface area contributed by atoms with E-state index in [1.165, 1.54) is 30.6 Å². The van der Waals surface area contributed by atoms with E-state index in [9.17, 15) is 12.8 Å². The quantitative estimate of drug-likeness (QED) is 0.518. The van der Waals surface area contributed by atoms with E-state index in [0.717, 1.165) is 34.6 Å². The molecule has 0 saturated carbocycles. The van der Waals surface area contributed by atoms with Gasteiger partial charge in [-0.15, -0.1) is 11.3 Å². The van der Waals surface area contributed by atoms with Crippen molar-refractivity contribution in [2.24, 2.45) is 0 Å². The van der Waals surface area contributed by atoms with Crippen molar-refractivity contribution in [1.29, 1.82) is 0 Å². The number of methoxy groups -OCH3 is 1. The number of nitrogens with one attached hydrogen (secondary N) is 2. The maximum Gasteiger partial charge on any atom is 0.262 e. The summed E-state index contributed by atoms with van der Waals surface area (Å²) in [7, 11) is -2.54. The van der Waals surface area contributed by atoms with E-state index in [-0.39, 0.29) is 4.90 Å². The van der Waals surface area contributed by atoms with Crippen molar-refractivity contribution >= 4 is 32.7 Å². The first-order valence-electron chi connectivity index (χ1n) is 10.7. The van der Waals surface area contributed by atoms with Gasteiger partial charge in [0.05, 0.1) is 17.7 Å². The molecule has 1 fully saturated rings. The summed E-state index contributed by atoms with van der Waals surface area (Å²) in [4.78, 5) is 3.88. The lowest BCUT2D eigenvalue weighted by Gasteiger charge is -2.38. The predicted molar refractivity (Wildman–Crippen MR) is 133 cm³/mol. The molecule has 4 rings (SSSR count). The molecule has 2 atom stereocenters. The topological polar surface area (TPSA) is 70.7 Å². The Hall–Kier alpha value is -2.62. The fourth-order valence-corrected chi connectivity index (χ4v) is 6.12. The number of aryl methyl sites for hydroxylation is 1. The monoisotopic (exact) mass is 489 g/mol. The highest BCUT2D eigenvalue weighted by atomic mass is 32.2. The number of hydrogen-bond acceptors (Lipinski definition) is 6. The molecular formula is C24H28FN3O3S2. The van der Waals surface area contributed by atoms with Crippen LogP contribution in [0, 0.1) is 12.7 Å². The number of benzene rings is 2. The molecule has 2 unspecified atom stereocenters. The number of thiophene rings is 1. The van der Waals surface area contributed by atoms with E-state index in [0.29, 0.717) is 29.1 Å². The van der Waals surface area contributed by atoms with Crippen molar-refractivity contribution < 1.29 is 17.5 Å². The smallest absolute Gasteiger partial charge is 0.262 e. The summed E-state index contributed by atoms with van der Waals surface area (Å²) in [6.07, 6.45) is 0. The Morgan fingerprint density at radius 2 is 1.82 bits per heavy atom. The van der Waals surface area contributed by atoms with Crippen LogP contribution in [0.4, 0.5) is 15.8 Å². The highest BCUT2D eigenvalue weighted by molar-refractivity contribution is 7.92. The molecule has 6 nitrogen and oxygen atoms in total. The third kappa shape index (κ3) is 5.15. The van der Waals surface area contributed by atoms with Gasteiger partial charge in [-0.05, 0) is 69.3 Å². The molecule has 1 aromatic heterocycles. The number of anilines is 2. The number of sulfonamides is 1. The summed E-state index contributed by atoms with van der Waals surface area (Å²) in [6, 6.07) is 13.8. The highest BCUT2D eigenvalue weighted by Gasteiger charge is 2.24. The fraction of sp³-hybridized carbons (Fsp3) is 0.333. The van der Waals surface area contributed by atoms with Crippen LogP contribution < -0.4 is 19.7 Å². The van der Waals surface area contributed by atoms with Crippen molar-refractivity contribution in [1.82, 2.24) is 5.32 Å². The minimum Gasteiger partial charge on any atom is -0.495 e. The average Bonchev–Trinajstić information content (AvgIpc) is 3.18. The zero-order chi connectivity index (χ0) is 23.8. The third-order valence-corrected chi connectivity index (χ3v) is 8.00. The van der Waals surface area contributed by atoms with Crippen LogP contribution in [0.25, 0.3) is 10.4 Å². The summed E-state index contributed by atoms with van der Waals surface area (Å²) in [5.74, 6) is -0.186. The lowest BCUT2D eigenvalue weighted by atomic mass is 10.1. The predicted octanol–water partition coefficient (Wildman–Crippen LogP) is 4.86. The summed E-state index contributed by atoms with van der Waals surface area (Å²) in [6.45, 7) is 7.78. The molecule has 3 aromatic rings. The van der Waals surface area contributed by atoms with Crippen LogP contribution in [0.3, 0.4) is 0 Å². The van der Waals surface area contributed by atoms with Gasteiger partial charge >= 0.3 is 0 Å². The van der Waals surface area contributed by atoms with Crippen LogP contribution in [0.1, 0.15) is 18.7 Å². The van der Waals surface area contributed by atoms with Crippen LogP contribution >= 0.6 is 11.3 Å². The van der Waals surface area contributed by atoms with Crippen molar-refractivity contribution in [2.75, 3.05) is 29.8 Å². The molecule has 176 valence electrons. The Balaban J connectivity index is 1.63. The van der Waals surface area contributed by atoms with Crippen molar-refractivity contribution in [3.05, 3.63) is 59.2 Å². The van der Waals surface area contributed by atoms with E-state index in [1.807, 2.05) is 25.1 Å². The maximum absolute atomic E-state index is 14.8. The number of ether oxygens (including phenoxy) is 1. The van der Waals surface area contributed by atoms with E-state index in [2.05, 4.69) is 28.8 Å². The van der Waals surface area contributed by atoms with Gasteiger partial charge in [0, 0.05) is 46.2 Å². The van der Waals surface area contributed by atoms with Crippen molar-refractivity contribution in [2.45, 2.75) is 37.8 Å². The van der Waals surface area contributed by atoms with E-state index < -0.39 is 15.8 Å². The van der Waals surface area contributed by atoms with Gasteiger partial charge in [-0.3, -0.25) is 4.72 Å². The van der Waals surface area contributed by atoms with Gasteiger partial charge in [0.25, 0.3) is 10.0 Å². The Morgan fingerprint density at radius 3 is 2.42 bits per heavy atom. The van der Waals surface area contributed by atoms with Crippen LogP contribution in [0.15, 0.2) is 53.4 Å². The van der Waals surface area contributed by atoms with Gasteiger partial charge in [-0.25, -0.2) is 12.8 Å². The molecule has 0 amide bonds. The molecule has 0 radical (unpaired) electrons. The zero-order valence-corrected chi connectivity index (χ0v) is 20.7. The van der Waals surface area contributed by atoms with Crippen LogP contribution in [-0.2, 0) is 10.0 Å². The summed E-state index contributed by atoms with van der Waals surface area (Å²) in [5, 5.41) is 3.49. The Morgan fingerprint density at radius 1 is 1.09 bits per heavy atom. The van der Waals surface area contributed by atoms with Crippen LogP contribution in [-0.4, -0.2) is 40.7 Å². The second-order valence-corrected chi connectivity index (χ2v) is 11.4. The largest absolute Gasteiger partial charge is 0.495 e. The number of hydrogen-bond donors (Lipinski definition) is 2. The molecule has 9 heteroatoms. The minimum absolute atomic E-state index is 0.145. The average molecular weight is 490 g/mol. The number of halogens is 1. The zero-order valence-electron chi connectivity index (χ0n) is 19.1. The SMILES string of the molecule is COc1ccc(N2CC(C)NC(C)C2)cc1NS(=O)(=O)c1ccc(-c2ccc(C)s2)c(F)c1. The summed E-state index contributed by atoms with van der Waals surface area (Å²) < 4.78 is 49.0. The summed E-state index contributed by atoms with van der Waals surface area (Å²) >= 11 is 1.46. The van der Waals surface area contributed by atoms with Gasteiger partial charge in [0.15, 0.2) is 0 Å². The molecule has 1 aliphatic heterocycles. The molecule has 0 bridgehead atoms. The molecule has 1 saturated heterocycles. The van der Waals surface area contributed by atoms with Gasteiger partial charge in [-0.2, -0.15) is 0 Å². The van der Waals surface area contributed by atoms with Crippen molar-refractivity contribution in [3.8, 4) is 16.2 Å². The van der Waals surface area contributed by atoms with Gasteiger partial charge in [0.1, 0.15) is 11.6 Å². The molecule has 2 heterocycles. The van der Waals surface area contributed by atoms with Crippen LogP contribution in [0.2, 0.25) is 0 Å². The molecular weight excluding hydrogens is 461 g/mol.